The first-order chi connectivity index (χ1) is 13.7. The average Bonchev–Trinajstić information content (AvgIpc) is 2.65. The van der Waals surface area contributed by atoms with E-state index in [1.54, 1.807) is 24.3 Å². The molecule has 0 aliphatic rings. The van der Waals surface area contributed by atoms with Gasteiger partial charge in [0.1, 0.15) is 5.82 Å². The minimum atomic E-state index is -4.50. The monoisotopic (exact) mass is 404 g/mol. The number of anilines is 1. The fourth-order valence-electron chi connectivity index (χ4n) is 2.96. The normalized spacial score (nSPS) is 11.7. The van der Waals surface area contributed by atoms with Gasteiger partial charge >= 0.3 is 12.2 Å². The van der Waals surface area contributed by atoms with E-state index >= 15 is 0 Å². The Morgan fingerprint density at radius 1 is 1.14 bits per heavy atom. The maximum Gasteiger partial charge on any atom is 0.416 e. The second-order valence-corrected chi connectivity index (χ2v) is 6.70. The molecule has 0 radical (unpaired) electrons. The molecule has 2 amide bonds. The summed E-state index contributed by atoms with van der Waals surface area (Å²) in [5.74, 6) is 0.350. The Balaban J connectivity index is 1.79. The number of halogens is 3. The fraction of sp³-hybridized carbons (Fsp3) is 0.250. The predicted molar refractivity (Wildman–Crippen MR) is 104 cm³/mol. The third kappa shape index (κ3) is 4.56. The van der Waals surface area contributed by atoms with Crippen LogP contribution in [0.25, 0.3) is 10.9 Å². The summed E-state index contributed by atoms with van der Waals surface area (Å²) >= 11 is 0. The molecule has 1 heterocycles. The van der Waals surface area contributed by atoms with Crippen molar-refractivity contribution in [3.05, 3.63) is 70.3 Å². The number of urea groups is 1. The van der Waals surface area contributed by atoms with Crippen molar-refractivity contribution in [1.29, 1.82) is 0 Å². The lowest BCUT2D eigenvalue weighted by Gasteiger charge is -2.17. The van der Waals surface area contributed by atoms with Crippen molar-refractivity contribution in [3.63, 3.8) is 0 Å². The van der Waals surface area contributed by atoms with Crippen LogP contribution in [0.1, 0.15) is 31.3 Å². The molecule has 152 valence electrons. The molecule has 0 saturated carbocycles. The Labute approximate surface area is 164 Å². The quantitative estimate of drug-likeness (QED) is 0.680. The molecule has 2 aromatic carbocycles. The van der Waals surface area contributed by atoms with E-state index in [9.17, 15) is 22.8 Å². The molecule has 0 spiro atoms. The molecule has 29 heavy (non-hydrogen) atoms. The van der Waals surface area contributed by atoms with Crippen LogP contribution in [0.15, 0.2) is 53.3 Å². The van der Waals surface area contributed by atoms with Crippen LogP contribution in [0.3, 0.4) is 0 Å². The number of rotatable bonds is 4. The van der Waals surface area contributed by atoms with Crippen molar-refractivity contribution in [1.82, 2.24) is 14.9 Å². The molecular formula is C20H19F3N4O2. The van der Waals surface area contributed by atoms with Gasteiger partial charge in [0.15, 0.2) is 0 Å². The van der Waals surface area contributed by atoms with Crippen LogP contribution in [0, 0.1) is 0 Å². The van der Waals surface area contributed by atoms with Crippen LogP contribution in [0.4, 0.5) is 23.7 Å². The van der Waals surface area contributed by atoms with Crippen LogP contribution in [-0.2, 0) is 12.7 Å². The number of aromatic nitrogens is 2. The molecule has 0 bridgehead atoms. The summed E-state index contributed by atoms with van der Waals surface area (Å²) in [6.07, 6.45) is -4.50. The number of hydrogen-bond donors (Lipinski definition) is 2. The van der Waals surface area contributed by atoms with Crippen molar-refractivity contribution >= 4 is 22.6 Å². The molecule has 3 rings (SSSR count). The highest BCUT2D eigenvalue weighted by atomic mass is 19.4. The number of nitrogens with one attached hydrogen (secondary N) is 2. The van der Waals surface area contributed by atoms with Gasteiger partial charge in [-0.15, -0.1) is 0 Å². The van der Waals surface area contributed by atoms with Gasteiger partial charge in [-0.2, -0.15) is 13.2 Å². The first-order valence-corrected chi connectivity index (χ1v) is 8.89. The second-order valence-electron chi connectivity index (χ2n) is 6.70. The van der Waals surface area contributed by atoms with Gasteiger partial charge in [-0.1, -0.05) is 18.2 Å². The van der Waals surface area contributed by atoms with E-state index in [1.165, 1.54) is 16.7 Å². The average molecular weight is 404 g/mol. The summed E-state index contributed by atoms with van der Waals surface area (Å²) in [4.78, 5) is 29.4. The van der Waals surface area contributed by atoms with Crippen LogP contribution < -0.4 is 16.2 Å². The Morgan fingerprint density at radius 2 is 1.86 bits per heavy atom. The van der Waals surface area contributed by atoms with Gasteiger partial charge in [0.05, 0.1) is 23.0 Å². The highest BCUT2D eigenvalue weighted by Crippen LogP contribution is 2.30. The van der Waals surface area contributed by atoms with E-state index in [0.29, 0.717) is 16.7 Å². The van der Waals surface area contributed by atoms with Crippen LogP contribution in [-0.4, -0.2) is 15.6 Å². The number of fused-ring (bicyclic) bond motifs is 1. The molecule has 1 aromatic heterocycles. The van der Waals surface area contributed by atoms with E-state index < -0.39 is 17.8 Å². The van der Waals surface area contributed by atoms with E-state index in [1.807, 2.05) is 13.8 Å². The Morgan fingerprint density at radius 3 is 2.55 bits per heavy atom. The van der Waals surface area contributed by atoms with E-state index in [-0.39, 0.29) is 23.8 Å². The molecule has 2 N–H and O–H groups in total. The van der Waals surface area contributed by atoms with Crippen LogP contribution in [0.5, 0.6) is 0 Å². The summed E-state index contributed by atoms with van der Waals surface area (Å²) in [7, 11) is 0. The molecule has 0 aliphatic heterocycles. The Hall–Kier alpha value is -3.36. The van der Waals surface area contributed by atoms with Crippen molar-refractivity contribution in [2.75, 3.05) is 5.32 Å². The summed E-state index contributed by atoms with van der Waals surface area (Å²) < 4.78 is 39.9. The maximum absolute atomic E-state index is 12.8. The molecule has 9 heteroatoms. The lowest BCUT2D eigenvalue weighted by molar-refractivity contribution is -0.137. The summed E-state index contributed by atoms with van der Waals surface area (Å²) in [5, 5.41) is 5.37. The number of alkyl halides is 3. The number of carbonyl (C=O) groups is 1. The molecule has 3 aromatic rings. The van der Waals surface area contributed by atoms with E-state index in [4.69, 9.17) is 0 Å². The van der Waals surface area contributed by atoms with Crippen LogP contribution >= 0.6 is 0 Å². The molecule has 6 nitrogen and oxygen atoms in total. The van der Waals surface area contributed by atoms with Gasteiger partial charge < -0.3 is 10.6 Å². The van der Waals surface area contributed by atoms with Crippen molar-refractivity contribution in [2.45, 2.75) is 32.6 Å². The van der Waals surface area contributed by atoms with Gasteiger partial charge in [0.2, 0.25) is 0 Å². The van der Waals surface area contributed by atoms with Gasteiger partial charge in [0, 0.05) is 11.7 Å². The zero-order valence-electron chi connectivity index (χ0n) is 15.7. The molecule has 0 fully saturated rings. The Kier molecular flexibility index (Phi) is 5.58. The van der Waals surface area contributed by atoms with E-state index in [0.717, 1.165) is 12.1 Å². The van der Waals surface area contributed by atoms with E-state index in [2.05, 4.69) is 15.6 Å². The smallest absolute Gasteiger partial charge is 0.331 e. The SMILES string of the molecule is CC(C)n1c(CNC(=O)Nc2cccc(C(F)(F)F)c2)nc2ccccc2c1=O. The molecular weight excluding hydrogens is 385 g/mol. The van der Waals surface area contributed by atoms with Crippen molar-refractivity contribution < 1.29 is 18.0 Å². The minimum absolute atomic E-state index is 0.00467. The summed E-state index contributed by atoms with van der Waals surface area (Å²) in [5.41, 5.74) is -0.574. The summed E-state index contributed by atoms with van der Waals surface area (Å²) in [6, 6.07) is 10.3. The van der Waals surface area contributed by atoms with Crippen LogP contribution in [0.2, 0.25) is 0 Å². The largest absolute Gasteiger partial charge is 0.416 e. The second kappa shape index (κ2) is 7.94. The lowest BCUT2D eigenvalue weighted by Crippen LogP contribution is -2.34. The first kappa shape index (κ1) is 20.4. The third-order valence-corrected chi connectivity index (χ3v) is 4.25. The highest BCUT2D eigenvalue weighted by Gasteiger charge is 2.30. The first-order valence-electron chi connectivity index (χ1n) is 8.89. The maximum atomic E-state index is 12.8. The number of nitrogens with zero attached hydrogens (tertiary/aromatic N) is 2. The van der Waals surface area contributed by atoms with Gasteiger partial charge in [0.25, 0.3) is 5.56 Å². The van der Waals surface area contributed by atoms with Crippen molar-refractivity contribution in [3.8, 4) is 0 Å². The summed E-state index contributed by atoms with van der Waals surface area (Å²) in [6.45, 7) is 3.58. The highest BCUT2D eigenvalue weighted by molar-refractivity contribution is 5.89. The Bertz CT molecular complexity index is 1110. The topological polar surface area (TPSA) is 76.0 Å². The van der Waals surface area contributed by atoms with Gasteiger partial charge in [-0.25, -0.2) is 9.78 Å². The number of benzene rings is 2. The molecule has 0 atom stereocenters. The number of para-hydroxylation sites is 1. The predicted octanol–water partition coefficient (Wildman–Crippen LogP) is 4.32. The van der Waals surface area contributed by atoms with Crippen molar-refractivity contribution in [2.24, 2.45) is 0 Å². The third-order valence-electron chi connectivity index (χ3n) is 4.25. The number of hydrogen-bond acceptors (Lipinski definition) is 3. The van der Waals surface area contributed by atoms with Gasteiger partial charge in [-0.3, -0.25) is 9.36 Å². The minimum Gasteiger partial charge on any atom is -0.331 e. The number of amides is 2. The number of carbonyl (C=O) groups excluding carboxylic acids is 1. The molecule has 0 unspecified atom stereocenters. The fourth-order valence-corrected chi connectivity index (χ4v) is 2.96. The molecule has 0 aliphatic carbocycles. The standard InChI is InChI=1S/C20H19F3N4O2/c1-12(2)27-17(26-16-9-4-3-8-15(16)18(27)28)11-24-19(29)25-14-7-5-6-13(10-14)20(21,22)23/h3-10,12H,11H2,1-2H3,(H2,24,25,29). The van der Waals surface area contributed by atoms with Gasteiger partial charge in [-0.05, 0) is 44.2 Å². The zero-order valence-corrected chi connectivity index (χ0v) is 15.7. The molecule has 0 saturated heterocycles. The lowest BCUT2D eigenvalue weighted by atomic mass is 10.2. The zero-order chi connectivity index (χ0) is 21.2.